The van der Waals surface area contributed by atoms with Crippen LogP contribution in [-0.2, 0) is 15.1 Å². The molecule has 2 atom stereocenters. The van der Waals surface area contributed by atoms with Crippen molar-refractivity contribution in [3.05, 3.63) is 35.4 Å². The average Bonchev–Trinajstić information content (AvgIpc) is 3.16. The zero-order chi connectivity index (χ0) is 16.7. The summed E-state index contributed by atoms with van der Waals surface area (Å²) in [6, 6.07) is 2.54. The summed E-state index contributed by atoms with van der Waals surface area (Å²) in [6.07, 6.45) is -0.739. The summed E-state index contributed by atoms with van der Waals surface area (Å²) in [7, 11) is 0. The fourth-order valence-electron chi connectivity index (χ4n) is 2.23. The van der Waals surface area contributed by atoms with E-state index in [9.17, 15) is 13.6 Å². The van der Waals surface area contributed by atoms with E-state index in [1.807, 2.05) is 0 Å². The van der Waals surface area contributed by atoms with Gasteiger partial charge >= 0.3 is 6.09 Å². The third kappa shape index (κ3) is 3.20. The third-order valence-electron chi connectivity index (χ3n) is 3.54. The molecular formula is C15H20F2N2O3. The summed E-state index contributed by atoms with van der Waals surface area (Å²) in [6.45, 7) is 6.96. The highest BCUT2D eigenvalue weighted by molar-refractivity contribution is 5.68. The van der Waals surface area contributed by atoms with Gasteiger partial charge in [-0.2, -0.15) is 0 Å². The molecule has 7 heteroatoms. The Morgan fingerprint density at radius 3 is 2.50 bits per heavy atom. The number of nitrogens with zero attached hydrogens (tertiary/aromatic N) is 1. The molecule has 5 nitrogen and oxygen atoms in total. The summed E-state index contributed by atoms with van der Waals surface area (Å²) in [5.41, 5.74) is -1.61. The Morgan fingerprint density at radius 1 is 1.45 bits per heavy atom. The maximum atomic E-state index is 14.0. The number of amides is 1. The molecule has 1 saturated heterocycles. The Balaban J connectivity index is 2.21. The molecule has 1 aliphatic rings. The molecule has 1 aromatic carbocycles. The van der Waals surface area contributed by atoms with E-state index < -0.39 is 35.0 Å². The van der Waals surface area contributed by atoms with Gasteiger partial charge in [-0.3, -0.25) is 0 Å². The van der Waals surface area contributed by atoms with Crippen molar-refractivity contribution in [2.24, 2.45) is 5.84 Å². The van der Waals surface area contributed by atoms with Crippen LogP contribution in [0.25, 0.3) is 0 Å². The highest BCUT2D eigenvalue weighted by Gasteiger charge is 2.55. The largest absolute Gasteiger partial charge is 0.443 e. The van der Waals surface area contributed by atoms with Crippen molar-refractivity contribution in [1.82, 2.24) is 5.01 Å². The van der Waals surface area contributed by atoms with Crippen LogP contribution in [0.3, 0.4) is 0 Å². The number of carbonyl (C=O) groups excluding carboxylic acids is 1. The predicted molar refractivity (Wildman–Crippen MR) is 75.7 cm³/mol. The monoisotopic (exact) mass is 314 g/mol. The average molecular weight is 314 g/mol. The van der Waals surface area contributed by atoms with Gasteiger partial charge in [0.25, 0.3) is 0 Å². The lowest BCUT2D eigenvalue weighted by Crippen LogP contribution is -2.52. The number of carbonyl (C=O) groups is 1. The SMILES string of the molecule is C[C@@H](N(N)C(=O)OC(C)(C)C)[C@]1(c2ccc(F)cc2F)CO1. The number of epoxide rings is 1. The molecule has 0 radical (unpaired) electrons. The van der Waals surface area contributed by atoms with E-state index in [1.165, 1.54) is 6.07 Å². The number of hydrazine groups is 1. The lowest BCUT2D eigenvalue weighted by Gasteiger charge is -2.31. The first-order valence-corrected chi connectivity index (χ1v) is 6.93. The van der Waals surface area contributed by atoms with Crippen molar-refractivity contribution in [3.63, 3.8) is 0 Å². The van der Waals surface area contributed by atoms with Gasteiger partial charge in [-0.05, 0) is 33.8 Å². The minimum Gasteiger partial charge on any atom is -0.443 e. The van der Waals surface area contributed by atoms with Crippen LogP contribution < -0.4 is 5.84 Å². The molecule has 0 bridgehead atoms. The number of ether oxygens (including phenoxy) is 2. The molecule has 1 amide bonds. The predicted octanol–water partition coefficient (Wildman–Crippen LogP) is 2.69. The van der Waals surface area contributed by atoms with Crippen LogP contribution in [0.15, 0.2) is 18.2 Å². The summed E-state index contributed by atoms with van der Waals surface area (Å²) >= 11 is 0. The maximum absolute atomic E-state index is 14.0. The molecule has 122 valence electrons. The molecule has 0 aliphatic carbocycles. The Hall–Kier alpha value is -1.73. The van der Waals surface area contributed by atoms with Gasteiger partial charge in [0.1, 0.15) is 22.8 Å². The Labute approximate surface area is 127 Å². The van der Waals surface area contributed by atoms with Crippen molar-refractivity contribution in [3.8, 4) is 0 Å². The normalized spacial score (nSPS) is 22.1. The molecule has 2 N–H and O–H groups in total. The second kappa shape index (κ2) is 5.48. The van der Waals surface area contributed by atoms with Gasteiger partial charge in [0.2, 0.25) is 0 Å². The molecule has 0 saturated carbocycles. The Bertz CT molecular complexity index is 583. The van der Waals surface area contributed by atoms with Crippen LogP contribution in [0.1, 0.15) is 33.3 Å². The summed E-state index contributed by atoms with van der Waals surface area (Å²) in [4.78, 5) is 12.0. The van der Waals surface area contributed by atoms with Gasteiger partial charge in [-0.15, -0.1) is 0 Å². The van der Waals surface area contributed by atoms with Crippen molar-refractivity contribution < 1.29 is 23.0 Å². The first-order valence-electron chi connectivity index (χ1n) is 6.93. The highest BCUT2D eigenvalue weighted by atomic mass is 19.1. The molecule has 22 heavy (non-hydrogen) atoms. The van der Waals surface area contributed by atoms with Gasteiger partial charge in [0, 0.05) is 11.6 Å². The Kier molecular flexibility index (Phi) is 4.14. The molecule has 1 aromatic rings. The first-order chi connectivity index (χ1) is 10.1. The fourth-order valence-corrected chi connectivity index (χ4v) is 2.23. The number of hydrogen-bond donors (Lipinski definition) is 1. The van der Waals surface area contributed by atoms with E-state index in [2.05, 4.69) is 0 Å². The van der Waals surface area contributed by atoms with Crippen molar-refractivity contribution in [2.45, 2.75) is 44.9 Å². The van der Waals surface area contributed by atoms with Gasteiger partial charge in [0.15, 0.2) is 0 Å². The number of nitrogens with two attached hydrogens (primary N) is 1. The first kappa shape index (κ1) is 16.6. The maximum Gasteiger partial charge on any atom is 0.424 e. The molecule has 1 fully saturated rings. The molecule has 1 aliphatic heterocycles. The molecule has 0 aromatic heterocycles. The zero-order valence-corrected chi connectivity index (χ0v) is 13.0. The van der Waals surface area contributed by atoms with Crippen LogP contribution in [0.2, 0.25) is 0 Å². The number of halogens is 2. The summed E-state index contributed by atoms with van der Waals surface area (Å²) in [5.74, 6) is 4.38. The fraction of sp³-hybridized carbons (Fsp3) is 0.533. The minimum absolute atomic E-state index is 0.167. The second-order valence-electron chi connectivity index (χ2n) is 6.37. The summed E-state index contributed by atoms with van der Waals surface area (Å²) < 4.78 is 37.6. The van der Waals surface area contributed by atoms with Gasteiger partial charge in [0.05, 0.1) is 12.6 Å². The second-order valence-corrected chi connectivity index (χ2v) is 6.37. The smallest absolute Gasteiger partial charge is 0.424 e. The molecule has 0 unspecified atom stereocenters. The highest BCUT2D eigenvalue weighted by Crippen LogP contribution is 2.44. The van der Waals surface area contributed by atoms with Crippen molar-refractivity contribution in [2.75, 3.05) is 6.61 Å². The van der Waals surface area contributed by atoms with E-state index in [4.69, 9.17) is 15.3 Å². The number of hydrogen-bond acceptors (Lipinski definition) is 4. The van der Waals surface area contributed by atoms with Crippen LogP contribution in [0.4, 0.5) is 13.6 Å². The van der Waals surface area contributed by atoms with Crippen LogP contribution >= 0.6 is 0 Å². The lowest BCUT2D eigenvalue weighted by molar-refractivity contribution is 0.00706. The van der Waals surface area contributed by atoms with Gasteiger partial charge in [-0.25, -0.2) is 24.4 Å². The molecular weight excluding hydrogens is 294 g/mol. The summed E-state index contributed by atoms with van der Waals surface area (Å²) in [5, 5.41) is 0.876. The Morgan fingerprint density at radius 2 is 2.05 bits per heavy atom. The van der Waals surface area contributed by atoms with E-state index in [1.54, 1.807) is 27.7 Å². The van der Waals surface area contributed by atoms with Crippen LogP contribution in [-0.4, -0.2) is 29.4 Å². The van der Waals surface area contributed by atoms with E-state index in [0.717, 1.165) is 17.1 Å². The minimum atomic E-state index is -1.08. The van der Waals surface area contributed by atoms with E-state index in [0.29, 0.717) is 0 Å². The van der Waals surface area contributed by atoms with Crippen molar-refractivity contribution >= 4 is 6.09 Å². The van der Waals surface area contributed by atoms with Gasteiger partial charge < -0.3 is 9.47 Å². The zero-order valence-electron chi connectivity index (χ0n) is 13.0. The molecule has 0 spiro atoms. The topological polar surface area (TPSA) is 68.1 Å². The van der Waals surface area contributed by atoms with Crippen LogP contribution in [0, 0.1) is 11.6 Å². The van der Waals surface area contributed by atoms with Crippen molar-refractivity contribution in [1.29, 1.82) is 0 Å². The van der Waals surface area contributed by atoms with E-state index in [-0.39, 0.29) is 12.2 Å². The molecule has 1 heterocycles. The third-order valence-corrected chi connectivity index (χ3v) is 3.54. The number of rotatable bonds is 3. The van der Waals surface area contributed by atoms with Gasteiger partial charge in [-0.1, -0.05) is 6.07 Å². The lowest BCUT2D eigenvalue weighted by atomic mass is 9.92. The van der Waals surface area contributed by atoms with Crippen LogP contribution in [0.5, 0.6) is 0 Å². The number of benzene rings is 1. The quantitative estimate of drug-likeness (QED) is 0.403. The molecule has 2 rings (SSSR count). The standard InChI is InChI=1S/C15H20F2N2O3/c1-9(19(18)13(20)22-14(2,3)4)15(8-21-15)11-6-5-10(16)7-12(11)17/h5-7,9H,8,18H2,1-4H3/t9-,15+/m1/s1. The van der Waals surface area contributed by atoms with E-state index >= 15 is 0 Å².